The van der Waals surface area contributed by atoms with Gasteiger partial charge in [0.2, 0.25) is 0 Å². The molecule has 0 spiro atoms. The highest BCUT2D eigenvalue weighted by atomic mass is 35.5. The zero-order chi connectivity index (χ0) is 10.9. The van der Waals surface area contributed by atoms with E-state index in [9.17, 15) is 0 Å². The number of nitrogens with zero attached hydrogens (tertiary/aromatic N) is 2. The first-order chi connectivity index (χ1) is 7.11. The first kappa shape index (κ1) is 10.3. The number of halogens is 1. The van der Waals surface area contributed by atoms with E-state index in [0.29, 0.717) is 21.9 Å². The van der Waals surface area contributed by atoms with E-state index in [0.717, 1.165) is 6.54 Å². The normalized spacial score (nSPS) is 16.9. The van der Waals surface area contributed by atoms with Crippen LogP contribution in [0.3, 0.4) is 0 Å². The fourth-order valence-corrected chi connectivity index (χ4v) is 1.55. The smallest absolute Gasteiger partial charge is 0.132 e. The van der Waals surface area contributed by atoms with Gasteiger partial charge in [0, 0.05) is 6.54 Å². The van der Waals surface area contributed by atoms with Gasteiger partial charge in [-0.25, -0.2) is 4.98 Å². The Kier molecular flexibility index (Phi) is 2.54. The summed E-state index contributed by atoms with van der Waals surface area (Å²) in [6, 6.07) is 5.34. The molecule has 1 fully saturated rings. The van der Waals surface area contributed by atoms with Crippen molar-refractivity contribution in [1.29, 1.82) is 5.26 Å². The van der Waals surface area contributed by atoms with E-state index in [4.69, 9.17) is 16.9 Å². The average Bonchev–Trinajstić information content (AvgIpc) is 2.94. The molecular formula is C11H12ClN3. The molecule has 2 rings (SSSR count). The summed E-state index contributed by atoms with van der Waals surface area (Å²) in [5.41, 5.74) is 0.954. The van der Waals surface area contributed by atoms with E-state index >= 15 is 0 Å². The summed E-state index contributed by atoms with van der Waals surface area (Å²) in [5, 5.41) is 12.3. The minimum Gasteiger partial charge on any atom is -0.369 e. The Morgan fingerprint density at radius 2 is 2.33 bits per heavy atom. The summed E-state index contributed by atoms with van der Waals surface area (Å²) < 4.78 is 0. The maximum absolute atomic E-state index is 8.76. The number of nitrogens with one attached hydrogen (secondary N) is 1. The van der Waals surface area contributed by atoms with E-state index in [1.165, 1.54) is 12.8 Å². The van der Waals surface area contributed by atoms with Crippen molar-refractivity contribution in [2.45, 2.75) is 19.8 Å². The van der Waals surface area contributed by atoms with Crippen LogP contribution in [0, 0.1) is 16.7 Å². The zero-order valence-electron chi connectivity index (χ0n) is 8.55. The fourth-order valence-electron chi connectivity index (χ4n) is 1.35. The highest BCUT2D eigenvalue weighted by Gasteiger charge is 2.36. The third kappa shape index (κ3) is 2.60. The molecule has 3 nitrogen and oxygen atoms in total. The van der Waals surface area contributed by atoms with Crippen LogP contribution in [0.2, 0.25) is 5.15 Å². The molecule has 0 bridgehead atoms. The quantitative estimate of drug-likeness (QED) is 0.799. The largest absolute Gasteiger partial charge is 0.369 e. The Morgan fingerprint density at radius 3 is 2.93 bits per heavy atom. The Morgan fingerprint density at radius 1 is 1.60 bits per heavy atom. The summed E-state index contributed by atoms with van der Waals surface area (Å²) in [7, 11) is 0. The van der Waals surface area contributed by atoms with Crippen LogP contribution in [0.15, 0.2) is 12.1 Å². The van der Waals surface area contributed by atoms with E-state index < -0.39 is 0 Å². The van der Waals surface area contributed by atoms with Gasteiger partial charge in [0.1, 0.15) is 11.0 Å². The molecule has 15 heavy (non-hydrogen) atoms. The predicted octanol–water partition coefficient (Wildman–Crippen LogP) is 2.82. The van der Waals surface area contributed by atoms with Crippen LogP contribution in [-0.2, 0) is 0 Å². The third-order valence-electron chi connectivity index (χ3n) is 2.72. The highest BCUT2D eigenvalue weighted by molar-refractivity contribution is 6.29. The number of rotatable bonds is 3. The van der Waals surface area contributed by atoms with Crippen molar-refractivity contribution in [3.8, 4) is 6.07 Å². The van der Waals surface area contributed by atoms with Gasteiger partial charge in [-0.15, -0.1) is 0 Å². The van der Waals surface area contributed by atoms with Crippen molar-refractivity contribution in [2.24, 2.45) is 5.41 Å². The van der Waals surface area contributed by atoms with Gasteiger partial charge in [0.25, 0.3) is 0 Å². The van der Waals surface area contributed by atoms with Gasteiger partial charge >= 0.3 is 0 Å². The van der Waals surface area contributed by atoms with Gasteiger partial charge in [-0.05, 0) is 30.4 Å². The number of anilines is 1. The minimum absolute atomic E-state index is 0.359. The highest BCUT2D eigenvalue weighted by Crippen LogP contribution is 2.44. The summed E-state index contributed by atoms with van der Waals surface area (Å²) in [5.74, 6) is 0.687. The Balaban J connectivity index is 2.07. The third-order valence-corrected chi connectivity index (χ3v) is 2.92. The molecule has 0 amide bonds. The van der Waals surface area contributed by atoms with Crippen molar-refractivity contribution in [2.75, 3.05) is 11.9 Å². The molecule has 0 aromatic carbocycles. The monoisotopic (exact) mass is 221 g/mol. The topological polar surface area (TPSA) is 48.7 Å². The van der Waals surface area contributed by atoms with E-state index in [-0.39, 0.29) is 0 Å². The molecule has 1 N–H and O–H groups in total. The van der Waals surface area contributed by atoms with Crippen LogP contribution in [0.25, 0.3) is 0 Å². The number of aromatic nitrogens is 1. The average molecular weight is 222 g/mol. The first-order valence-electron chi connectivity index (χ1n) is 4.93. The van der Waals surface area contributed by atoms with Gasteiger partial charge in [0.15, 0.2) is 0 Å². The second kappa shape index (κ2) is 3.71. The lowest BCUT2D eigenvalue weighted by Gasteiger charge is -2.10. The standard InChI is InChI=1S/C11H12ClN3/c1-11(2-3-11)7-14-10-5-8(6-13)4-9(12)15-10/h4-5H,2-3,7H2,1H3,(H,14,15). The number of hydrogen-bond donors (Lipinski definition) is 1. The summed E-state index contributed by atoms with van der Waals surface area (Å²) in [6.07, 6.45) is 2.51. The molecule has 1 aromatic rings. The maximum atomic E-state index is 8.76. The summed E-state index contributed by atoms with van der Waals surface area (Å²) in [6.45, 7) is 3.13. The molecule has 0 saturated heterocycles. The number of pyridine rings is 1. The molecule has 1 aliphatic rings. The van der Waals surface area contributed by atoms with E-state index in [1.54, 1.807) is 12.1 Å². The van der Waals surface area contributed by atoms with Crippen molar-refractivity contribution < 1.29 is 0 Å². The molecule has 78 valence electrons. The van der Waals surface area contributed by atoms with Crippen LogP contribution >= 0.6 is 11.6 Å². The van der Waals surface area contributed by atoms with Gasteiger partial charge < -0.3 is 5.32 Å². The van der Waals surface area contributed by atoms with Crippen LogP contribution in [0.5, 0.6) is 0 Å². The van der Waals surface area contributed by atoms with Crippen molar-refractivity contribution in [3.63, 3.8) is 0 Å². The second-order valence-corrected chi connectivity index (χ2v) is 4.73. The molecule has 1 aromatic heterocycles. The molecule has 0 aliphatic heterocycles. The Labute approximate surface area is 94.1 Å². The minimum atomic E-state index is 0.359. The zero-order valence-corrected chi connectivity index (χ0v) is 9.30. The molecule has 0 atom stereocenters. The van der Waals surface area contributed by atoms with Gasteiger partial charge in [0.05, 0.1) is 11.6 Å². The fraction of sp³-hybridized carbons (Fsp3) is 0.455. The molecule has 0 radical (unpaired) electrons. The van der Waals surface area contributed by atoms with Crippen LogP contribution in [0.4, 0.5) is 5.82 Å². The van der Waals surface area contributed by atoms with Crippen LogP contribution in [-0.4, -0.2) is 11.5 Å². The van der Waals surface area contributed by atoms with Crippen molar-refractivity contribution >= 4 is 17.4 Å². The molecule has 0 unspecified atom stereocenters. The number of hydrogen-bond acceptors (Lipinski definition) is 3. The molecule has 1 aliphatic carbocycles. The SMILES string of the molecule is CC1(CNc2cc(C#N)cc(Cl)n2)CC1. The summed E-state index contributed by atoms with van der Waals surface area (Å²) in [4.78, 5) is 4.12. The molecule has 1 heterocycles. The van der Waals surface area contributed by atoms with Crippen LogP contribution < -0.4 is 5.32 Å². The second-order valence-electron chi connectivity index (χ2n) is 4.34. The molecule has 4 heteroatoms. The number of nitriles is 1. The van der Waals surface area contributed by atoms with Crippen LogP contribution in [0.1, 0.15) is 25.3 Å². The lowest BCUT2D eigenvalue weighted by molar-refractivity contribution is 0.609. The predicted molar refractivity (Wildman–Crippen MR) is 59.8 cm³/mol. The van der Waals surface area contributed by atoms with Crippen molar-refractivity contribution in [1.82, 2.24) is 4.98 Å². The lowest BCUT2D eigenvalue weighted by Crippen LogP contribution is -2.12. The Hall–Kier alpha value is -1.27. The van der Waals surface area contributed by atoms with E-state index in [1.807, 2.05) is 0 Å². The molecule has 1 saturated carbocycles. The Bertz CT molecular complexity index is 418. The summed E-state index contributed by atoms with van der Waals surface area (Å²) >= 11 is 5.79. The van der Waals surface area contributed by atoms with Gasteiger partial charge in [-0.3, -0.25) is 0 Å². The van der Waals surface area contributed by atoms with Gasteiger partial charge in [-0.1, -0.05) is 18.5 Å². The van der Waals surface area contributed by atoms with Crippen molar-refractivity contribution in [3.05, 3.63) is 22.8 Å². The first-order valence-corrected chi connectivity index (χ1v) is 5.31. The van der Waals surface area contributed by atoms with Gasteiger partial charge in [-0.2, -0.15) is 5.26 Å². The maximum Gasteiger partial charge on any atom is 0.132 e. The lowest BCUT2D eigenvalue weighted by atomic mass is 10.1. The molecular weight excluding hydrogens is 210 g/mol. The van der Waals surface area contributed by atoms with E-state index in [2.05, 4.69) is 23.3 Å².